The van der Waals surface area contributed by atoms with Crippen molar-refractivity contribution in [1.29, 1.82) is 0 Å². The molecule has 0 spiro atoms. The van der Waals surface area contributed by atoms with Crippen molar-refractivity contribution < 1.29 is 18.0 Å². The predicted molar refractivity (Wildman–Crippen MR) is 109 cm³/mol. The maximum absolute atomic E-state index is 12.6. The van der Waals surface area contributed by atoms with Crippen molar-refractivity contribution in [3.63, 3.8) is 0 Å². The maximum atomic E-state index is 12.6. The lowest BCUT2D eigenvalue weighted by molar-refractivity contribution is -0.115. The van der Waals surface area contributed by atoms with Gasteiger partial charge >= 0.3 is 0 Å². The molecule has 6 nitrogen and oxygen atoms in total. The van der Waals surface area contributed by atoms with Crippen LogP contribution in [0.1, 0.15) is 47.2 Å². The number of anilines is 1. The Morgan fingerprint density at radius 1 is 1.11 bits per heavy atom. The quantitative estimate of drug-likeness (QED) is 0.723. The molecule has 1 heterocycles. The van der Waals surface area contributed by atoms with Gasteiger partial charge in [-0.05, 0) is 66.8 Å². The van der Waals surface area contributed by atoms with Crippen LogP contribution in [0.3, 0.4) is 0 Å². The number of hydrogen-bond donors (Lipinski definition) is 2. The van der Waals surface area contributed by atoms with Crippen molar-refractivity contribution in [1.82, 2.24) is 5.32 Å². The van der Waals surface area contributed by atoms with Gasteiger partial charge in [-0.15, -0.1) is 11.3 Å². The van der Waals surface area contributed by atoms with Crippen LogP contribution in [0.2, 0.25) is 0 Å². The van der Waals surface area contributed by atoms with E-state index in [2.05, 4.69) is 10.6 Å². The number of fused-ring (bicyclic) bond motifs is 1. The Labute approximate surface area is 168 Å². The lowest BCUT2D eigenvalue weighted by atomic mass is 10.1. The highest BCUT2D eigenvalue weighted by molar-refractivity contribution is 7.91. The van der Waals surface area contributed by atoms with E-state index >= 15 is 0 Å². The fourth-order valence-electron chi connectivity index (χ4n) is 3.35. The summed E-state index contributed by atoms with van der Waals surface area (Å²) in [7, 11) is -3.53. The Morgan fingerprint density at radius 2 is 1.89 bits per heavy atom. The Kier molecular flexibility index (Phi) is 5.25. The van der Waals surface area contributed by atoms with Gasteiger partial charge in [-0.1, -0.05) is 6.07 Å². The van der Waals surface area contributed by atoms with Crippen LogP contribution >= 0.6 is 11.3 Å². The molecule has 0 unspecified atom stereocenters. The number of nitrogens with one attached hydrogen (secondary N) is 2. The molecule has 0 radical (unpaired) electrons. The molecule has 2 aliphatic rings. The first kappa shape index (κ1) is 19.1. The number of rotatable bonds is 7. The van der Waals surface area contributed by atoms with Crippen LogP contribution in [0, 0.1) is 0 Å². The van der Waals surface area contributed by atoms with Crippen LogP contribution in [0.15, 0.2) is 34.5 Å². The second kappa shape index (κ2) is 7.67. The minimum absolute atomic E-state index is 0.152. The summed E-state index contributed by atoms with van der Waals surface area (Å²) in [5.41, 5.74) is 2.73. The van der Waals surface area contributed by atoms with E-state index in [1.165, 1.54) is 16.9 Å². The summed E-state index contributed by atoms with van der Waals surface area (Å²) in [6.07, 6.45) is 4.77. The number of amides is 2. The van der Waals surface area contributed by atoms with Gasteiger partial charge in [-0.3, -0.25) is 9.59 Å². The molecule has 0 aliphatic heterocycles. The van der Waals surface area contributed by atoms with Crippen molar-refractivity contribution in [2.24, 2.45) is 0 Å². The van der Waals surface area contributed by atoms with Gasteiger partial charge < -0.3 is 10.6 Å². The molecule has 148 valence electrons. The third-order valence-corrected chi connectivity index (χ3v) is 7.65. The molecule has 2 aliphatic carbocycles. The van der Waals surface area contributed by atoms with Crippen LogP contribution in [0.5, 0.6) is 0 Å². The molecular weight excluding hydrogens is 396 g/mol. The third-order valence-electron chi connectivity index (χ3n) is 5.10. The van der Waals surface area contributed by atoms with E-state index < -0.39 is 15.7 Å². The van der Waals surface area contributed by atoms with E-state index in [9.17, 15) is 18.0 Å². The summed E-state index contributed by atoms with van der Waals surface area (Å²) in [4.78, 5) is 24.8. The number of hydrogen-bond acceptors (Lipinski definition) is 5. The normalized spacial score (nSPS) is 15.9. The lowest BCUT2D eigenvalue weighted by Crippen LogP contribution is -2.26. The van der Waals surface area contributed by atoms with Crippen LogP contribution in [0.4, 0.5) is 5.00 Å². The van der Waals surface area contributed by atoms with Gasteiger partial charge in [-0.2, -0.15) is 0 Å². The van der Waals surface area contributed by atoms with Crippen LogP contribution in [-0.2, 0) is 27.5 Å². The van der Waals surface area contributed by atoms with Gasteiger partial charge in [0.1, 0.15) is 5.00 Å². The number of sulfone groups is 1. The SMILES string of the molecule is O=C(CCS(=O)(=O)c1ccc2c(c1)CCC2)Nc1sccc1C(=O)NC1CC1. The predicted octanol–water partition coefficient (Wildman–Crippen LogP) is 2.93. The van der Waals surface area contributed by atoms with E-state index in [0.717, 1.165) is 37.7 Å². The second-order valence-corrected chi connectivity index (χ2v) is 10.3. The second-order valence-electron chi connectivity index (χ2n) is 7.31. The van der Waals surface area contributed by atoms with Crippen LogP contribution in [-0.4, -0.2) is 32.0 Å². The van der Waals surface area contributed by atoms with Crippen molar-refractivity contribution in [3.8, 4) is 0 Å². The average molecular weight is 419 g/mol. The molecule has 8 heteroatoms. The van der Waals surface area contributed by atoms with Crippen LogP contribution < -0.4 is 10.6 Å². The molecule has 4 rings (SSSR count). The van der Waals surface area contributed by atoms with Crippen molar-refractivity contribution in [2.45, 2.75) is 49.5 Å². The standard InChI is InChI=1S/C20H22N2O4S2/c23-18(22-20-17(8-10-27-20)19(24)21-15-5-6-15)9-11-28(25,26)16-7-4-13-2-1-3-14(13)12-16/h4,7-8,10,12,15H,1-3,5-6,9,11H2,(H,21,24)(H,22,23). The molecule has 1 saturated carbocycles. The monoisotopic (exact) mass is 418 g/mol. The fraction of sp³-hybridized carbons (Fsp3) is 0.400. The summed E-state index contributed by atoms with van der Waals surface area (Å²) in [5, 5.41) is 7.77. The summed E-state index contributed by atoms with van der Waals surface area (Å²) in [6, 6.07) is 7.16. The van der Waals surface area contributed by atoms with E-state index in [4.69, 9.17) is 0 Å². The lowest BCUT2D eigenvalue weighted by Gasteiger charge is -2.09. The molecule has 1 fully saturated rings. The summed E-state index contributed by atoms with van der Waals surface area (Å²) < 4.78 is 25.2. The first-order valence-corrected chi connectivity index (χ1v) is 12.0. The van der Waals surface area contributed by atoms with Gasteiger partial charge in [0.25, 0.3) is 5.91 Å². The Hall–Kier alpha value is -2.19. The molecule has 0 atom stereocenters. The first-order valence-electron chi connectivity index (χ1n) is 9.45. The molecule has 1 aromatic heterocycles. The highest BCUT2D eigenvalue weighted by Crippen LogP contribution is 2.27. The molecule has 0 bridgehead atoms. The Balaban J connectivity index is 1.37. The molecular formula is C20H22N2O4S2. The molecule has 0 saturated heterocycles. The number of aryl methyl sites for hydroxylation is 2. The molecule has 2 amide bonds. The van der Waals surface area contributed by atoms with E-state index in [1.807, 2.05) is 6.07 Å². The van der Waals surface area contributed by atoms with Crippen molar-refractivity contribution in [3.05, 3.63) is 46.3 Å². The van der Waals surface area contributed by atoms with Crippen molar-refractivity contribution >= 4 is 38.0 Å². The number of benzene rings is 1. The maximum Gasteiger partial charge on any atom is 0.254 e. The third kappa shape index (κ3) is 4.28. The van der Waals surface area contributed by atoms with E-state index in [1.54, 1.807) is 23.6 Å². The number of carbonyl (C=O) groups excluding carboxylic acids is 2. The van der Waals surface area contributed by atoms with E-state index in [-0.39, 0.29) is 29.0 Å². The first-order chi connectivity index (χ1) is 13.4. The molecule has 1 aromatic carbocycles. The van der Waals surface area contributed by atoms with Crippen LogP contribution in [0.25, 0.3) is 0 Å². The van der Waals surface area contributed by atoms with Gasteiger partial charge in [0.2, 0.25) is 5.91 Å². The van der Waals surface area contributed by atoms with Crippen molar-refractivity contribution in [2.75, 3.05) is 11.1 Å². The zero-order valence-electron chi connectivity index (χ0n) is 15.4. The zero-order chi connectivity index (χ0) is 19.7. The summed E-state index contributed by atoms with van der Waals surface area (Å²) in [5.74, 6) is -0.871. The average Bonchev–Trinajstić information content (AvgIpc) is 3.17. The molecule has 2 aromatic rings. The minimum Gasteiger partial charge on any atom is -0.349 e. The minimum atomic E-state index is -3.53. The molecule has 28 heavy (non-hydrogen) atoms. The largest absolute Gasteiger partial charge is 0.349 e. The smallest absolute Gasteiger partial charge is 0.254 e. The fourth-order valence-corrected chi connectivity index (χ4v) is 5.44. The molecule has 2 N–H and O–H groups in total. The van der Waals surface area contributed by atoms with Gasteiger partial charge in [0.15, 0.2) is 9.84 Å². The highest BCUT2D eigenvalue weighted by atomic mass is 32.2. The van der Waals surface area contributed by atoms with E-state index in [0.29, 0.717) is 10.6 Å². The highest BCUT2D eigenvalue weighted by Gasteiger charge is 2.26. The van der Waals surface area contributed by atoms with Gasteiger partial charge in [-0.25, -0.2) is 8.42 Å². The zero-order valence-corrected chi connectivity index (χ0v) is 17.0. The topological polar surface area (TPSA) is 92.3 Å². The Bertz CT molecular complexity index is 1020. The summed E-state index contributed by atoms with van der Waals surface area (Å²) in [6.45, 7) is 0. The summed E-state index contributed by atoms with van der Waals surface area (Å²) >= 11 is 1.25. The number of carbonyl (C=O) groups is 2. The van der Waals surface area contributed by atoms with Gasteiger partial charge in [0.05, 0.1) is 16.2 Å². The Morgan fingerprint density at radius 3 is 2.68 bits per heavy atom. The van der Waals surface area contributed by atoms with Gasteiger partial charge in [0, 0.05) is 12.5 Å². The number of thiophene rings is 1.